The molecule has 2 aromatic heterocycles. The van der Waals surface area contributed by atoms with Gasteiger partial charge in [-0.3, -0.25) is 0 Å². The quantitative estimate of drug-likeness (QED) is 0.794. The minimum atomic E-state index is 0.709. The van der Waals surface area contributed by atoms with Crippen LogP contribution in [0.3, 0.4) is 0 Å². The van der Waals surface area contributed by atoms with Crippen LogP contribution in [0.1, 0.15) is 22.5 Å². The van der Waals surface area contributed by atoms with Gasteiger partial charge < -0.3 is 14.5 Å². The Kier molecular flexibility index (Phi) is 3.75. The summed E-state index contributed by atoms with van der Waals surface area (Å²) in [6, 6.07) is 10.2. The second-order valence-electron chi connectivity index (χ2n) is 5.51. The molecule has 0 aliphatic heterocycles. The lowest BCUT2D eigenvalue weighted by Crippen LogP contribution is -2.05. The maximum Gasteiger partial charge on any atom is 0.160 e. The summed E-state index contributed by atoms with van der Waals surface area (Å²) in [5, 5.41) is 3.50. The Bertz CT molecular complexity index is 821. The summed E-state index contributed by atoms with van der Waals surface area (Å²) in [5.41, 5.74) is 6.62. The van der Waals surface area contributed by atoms with E-state index >= 15 is 0 Å². The fourth-order valence-electron chi connectivity index (χ4n) is 2.71. The molecule has 1 aromatic carbocycles. The van der Waals surface area contributed by atoms with Crippen molar-refractivity contribution in [3.63, 3.8) is 0 Å². The van der Waals surface area contributed by atoms with Crippen LogP contribution in [0, 0.1) is 20.8 Å². The van der Waals surface area contributed by atoms with Crippen LogP contribution in [0.25, 0.3) is 5.65 Å². The van der Waals surface area contributed by atoms with Crippen LogP contribution in [0.4, 0.5) is 5.69 Å². The molecule has 4 nitrogen and oxygen atoms in total. The summed E-state index contributed by atoms with van der Waals surface area (Å²) in [5.74, 6) is 0.912. The highest BCUT2D eigenvalue weighted by atomic mass is 16.5. The summed E-state index contributed by atoms with van der Waals surface area (Å²) in [7, 11) is 1.71. The minimum absolute atomic E-state index is 0.709. The number of nitrogens with one attached hydrogen (secondary N) is 1. The SMILES string of the molecule is COc1cccc(C)c1CNc1cccn2c(C)c(C)nc12. The number of imidazole rings is 1. The van der Waals surface area contributed by atoms with Crippen LogP contribution >= 0.6 is 0 Å². The van der Waals surface area contributed by atoms with E-state index in [1.54, 1.807) is 7.11 Å². The predicted octanol–water partition coefficient (Wildman–Crippen LogP) is 3.88. The average Bonchev–Trinajstić information content (AvgIpc) is 2.82. The zero-order valence-electron chi connectivity index (χ0n) is 13.5. The molecule has 0 saturated carbocycles. The number of methoxy groups -OCH3 is 1. The number of benzene rings is 1. The van der Waals surface area contributed by atoms with E-state index < -0.39 is 0 Å². The standard InChI is InChI=1S/C18H21N3O/c1-12-7-5-9-17(22-4)15(12)11-19-16-8-6-10-21-14(3)13(2)20-18(16)21/h5-10,19H,11H2,1-4H3. The van der Waals surface area contributed by atoms with E-state index in [2.05, 4.69) is 40.7 Å². The molecule has 22 heavy (non-hydrogen) atoms. The number of hydrogen-bond donors (Lipinski definition) is 1. The zero-order chi connectivity index (χ0) is 15.7. The number of ether oxygens (including phenoxy) is 1. The predicted molar refractivity (Wildman–Crippen MR) is 89.7 cm³/mol. The zero-order valence-corrected chi connectivity index (χ0v) is 13.5. The lowest BCUT2D eigenvalue weighted by atomic mass is 10.1. The van der Waals surface area contributed by atoms with Gasteiger partial charge in [0.2, 0.25) is 0 Å². The molecule has 3 rings (SSSR count). The third-order valence-electron chi connectivity index (χ3n) is 4.17. The highest BCUT2D eigenvalue weighted by Crippen LogP contribution is 2.25. The fourth-order valence-corrected chi connectivity index (χ4v) is 2.71. The van der Waals surface area contributed by atoms with Crippen LogP contribution < -0.4 is 10.1 Å². The Labute approximate surface area is 130 Å². The summed E-state index contributed by atoms with van der Waals surface area (Å²) >= 11 is 0. The number of rotatable bonds is 4. The summed E-state index contributed by atoms with van der Waals surface area (Å²) in [6.45, 7) is 6.93. The third kappa shape index (κ3) is 2.41. The largest absolute Gasteiger partial charge is 0.496 e. The van der Waals surface area contributed by atoms with E-state index in [9.17, 15) is 0 Å². The van der Waals surface area contributed by atoms with Crippen molar-refractivity contribution in [1.82, 2.24) is 9.38 Å². The molecule has 0 aliphatic carbocycles. The Hall–Kier alpha value is -2.49. The molecule has 0 atom stereocenters. The van der Waals surface area contributed by atoms with E-state index in [-0.39, 0.29) is 0 Å². The molecule has 114 valence electrons. The second-order valence-corrected chi connectivity index (χ2v) is 5.51. The summed E-state index contributed by atoms with van der Waals surface area (Å²) in [4.78, 5) is 4.66. The molecule has 0 amide bonds. The maximum absolute atomic E-state index is 5.46. The highest BCUT2D eigenvalue weighted by Gasteiger charge is 2.10. The van der Waals surface area contributed by atoms with Gasteiger partial charge in [-0.05, 0) is 44.5 Å². The number of anilines is 1. The normalized spacial score (nSPS) is 10.9. The molecular formula is C18H21N3O. The Morgan fingerprint density at radius 2 is 1.95 bits per heavy atom. The van der Waals surface area contributed by atoms with Gasteiger partial charge in [-0.15, -0.1) is 0 Å². The number of aromatic nitrogens is 2. The molecule has 2 heterocycles. The van der Waals surface area contributed by atoms with E-state index in [1.807, 2.05) is 31.3 Å². The molecule has 0 saturated heterocycles. The van der Waals surface area contributed by atoms with Crippen LogP contribution in [-0.4, -0.2) is 16.5 Å². The molecule has 0 bridgehead atoms. The smallest absolute Gasteiger partial charge is 0.160 e. The van der Waals surface area contributed by atoms with Crippen LogP contribution in [0.2, 0.25) is 0 Å². The van der Waals surface area contributed by atoms with Gasteiger partial charge in [0.25, 0.3) is 0 Å². The van der Waals surface area contributed by atoms with Gasteiger partial charge in [0.05, 0.1) is 18.5 Å². The van der Waals surface area contributed by atoms with Gasteiger partial charge >= 0.3 is 0 Å². The molecule has 0 radical (unpaired) electrons. The molecule has 0 unspecified atom stereocenters. The first-order valence-electron chi connectivity index (χ1n) is 7.42. The summed E-state index contributed by atoms with van der Waals surface area (Å²) < 4.78 is 7.58. The Balaban J connectivity index is 1.94. The molecular weight excluding hydrogens is 274 g/mol. The van der Waals surface area contributed by atoms with E-state index in [0.717, 1.165) is 22.8 Å². The van der Waals surface area contributed by atoms with Crippen molar-refractivity contribution >= 4 is 11.3 Å². The number of fused-ring (bicyclic) bond motifs is 1. The van der Waals surface area contributed by atoms with Gasteiger partial charge in [-0.2, -0.15) is 0 Å². The van der Waals surface area contributed by atoms with Gasteiger partial charge in [0, 0.05) is 24.0 Å². The van der Waals surface area contributed by atoms with Crippen molar-refractivity contribution in [2.75, 3.05) is 12.4 Å². The van der Waals surface area contributed by atoms with Crippen LogP contribution in [0.5, 0.6) is 5.75 Å². The first-order chi connectivity index (χ1) is 10.6. The maximum atomic E-state index is 5.46. The van der Waals surface area contributed by atoms with E-state index in [1.165, 1.54) is 16.8 Å². The van der Waals surface area contributed by atoms with Crippen LogP contribution in [-0.2, 0) is 6.54 Å². The molecule has 0 spiro atoms. The fraction of sp³-hybridized carbons (Fsp3) is 0.278. The molecule has 0 fully saturated rings. The Morgan fingerprint density at radius 3 is 2.73 bits per heavy atom. The van der Waals surface area contributed by atoms with Crippen molar-refractivity contribution in [2.45, 2.75) is 27.3 Å². The van der Waals surface area contributed by atoms with Gasteiger partial charge in [0.15, 0.2) is 5.65 Å². The topological polar surface area (TPSA) is 38.6 Å². The molecule has 3 aromatic rings. The van der Waals surface area contributed by atoms with Crippen LogP contribution in [0.15, 0.2) is 36.5 Å². The van der Waals surface area contributed by atoms with Crippen molar-refractivity contribution in [1.29, 1.82) is 0 Å². The third-order valence-corrected chi connectivity index (χ3v) is 4.17. The lowest BCUT2D eigenvalue weighted by Gasteiger charge is -2.13. The number of pyridine rings is 1. The Morgan fingerprint density at radius 1 is 1.14 bits per heavy atom. The van der Waals surface area contributed by atoms with E-state index in [4.69, 9.17) is 4.74 Å². The number of hydrogen-bond acceptors (Lipinski definition) is 3. The summed E-state index contributed by atoms with van der Waals surface area (Å²) in [6.07, 6.45) is 2.05. The van der Waals surface area contributed by atoms with Crippen molar-refractivity contribution < 1.29 is 4.74 Å². The minimum Gasteiger partial charge on any atom is -0.496 e. The van der Waals surface area contributed by atoms with Gasteiger partial charge in [-0.25, -0.2) is 4.98 Å². The molecule has 4 heteroatoms. The monoisotopic (exact) mass is 295 g/mol. The highest BCUT2D eigenvalue weighted by molar-refractivity contribution is 5.68. The van der Waals surface area contributed by atoms with Gasteiger partial charge in [0.1, 0.15) is 5.75 Å². The van der Waals surface area contributed by atoms with Crippen molar-refractivity contribution in [2.24, 2.45) is 0 Å². The first kappa shape index (κ1) is 14.4. The van der Waals surface area contributed by atoms with E-state index in [0.29, 0.717) is 6.54 Å². The number of aryl methyl sites for hydroxylation is 3. The number of nitrogens with zero attached hydrogens (tertiary/aromatic N) is 2. The van der Waals surface area contributed by atoms with Gasteiger partial charge in [-0.1, -0.05) is 12.1 Å². The lowest BCUT2D eigenvalue weighted by molar-refractivity contribution is 0.410. The molecule has 1 N–H and O–H groups in total. The first-order valence-corrected chi connectivity index (χ1v) is 7.42. The van der Waals surface area contributed by atoms with Crippen molar-refractivity contribution in [3.8, 4) is 5.75 Å². The molecule has 0 aliphatic rings. The average molecular weight is 295 g/mol. The second kappa shape index (κ2) is 5.72. The van der Waals surface area contributed by atoms with Crippen molar-refractivity contribution in [3.05, 3.63) is 59.0 Å².